The second kappa shape index (κ2) is 5.46. The Morgan fingerprint density at radius 3 is 2.79 bits per heavy atom. The van der Waals surface area contributed by atoms with E-state index in [2.05, 4.69) is 45.4 Å². The first kappa shape index (κ1) is 11.7. The number of halogens is 1. The topological polar surface area (TPSA) is 42.7 Å². The third-order valence-electron chi connectivity index (χ3n) is 2.30. The van der Waals surface area contributed by atoms with Gasteiger partial charge in [0.25, 0.3) is 0 Å². The monoisotopic (exact) mass is 260 g/mol. The first-order chi connectivity index (χ1) is 6.66. The summed E-state index contributed by atoms with van der Waals surface area (Å²) in [6.07, 6.45) is 1.10. The molecule has 0 saturated carbocycles. The number of hydrogen-bond acceptors (Lipinski definition) is 3. The summed E-state index contributed by atoms with van der Waals surface area (Å²) in [7, 11) is 1.93. The van der Waals surface area contributed by atoms with Gasteiger partial charge in [-0.15, -0.1) is 5.10 Å². The van der Waals surface area contributed by atoms with Crippen molar-refractivity contribution in [2.45, 2.75) is 26.2 Å². The van der Waals surface area contributed by atoms with Gasteiger partial charge in [0, 0.05) is 13.0 Å². The predicted octanol–water partition coefficient (Wildman–Crippen LogP) is 1.68. The molecule has 1 aromatic heterocycles. The number of nitrogens with one attached hydrogen (secondary N) is 1. The maximum absolute atomic E-state index is 3.97. The predicted molar refractivity (Wildman–Crippen MR) is 60.3 cm³/mol. The highest BCUT2D eigenvalue weighted by atomic mass is 79.9. The average Bonchev–Trinajstić information content (AvgIpc) is 2.46. The molecule has 1 aromatic rings. The molecule has 0 fully saturated rings. The lowest BCUT2D eigenvalue weighted by molar-refractivity contribution is 0.563. The summed E-state index contributed by atoms with van der Waals surface area (Å²) in [5.41, 5.74) is 1.17. The van der Waals surface area contributed by atoms with Crippen molar-refractivity contribution in [3.8, 4) is 0 Å². The molecule has 0 amide bonds. The van der Waals surface area contributed by atoms with Crippen LogP contribution in [0.25, 0.3) is 0 Å². The van der Waals surface area contributed by atoms with Crippen molar-refractivity contribution in [2.24, 2.45) is 7.05 Å². The highest BCUT2D eigenvalue weighted by molar-refractivity contribution is 9.10. The molecule has 0 saturated heterocycles. The molecule has 0 aromatic carbocycles. The number of hydrogen-bond donors (Lipinski definition) is 1. The molecule has 0 radical (unpaired) electrons. The molecule has 80 valence electrons. The van der Waals surface area contributed by atoms with Crippen LogP contribution >= 0.6 is 15.9 Å². The molecule has 0 bridgehead atoms. The number of rotatable bonds is 5. The van der Waals surface area contributed by atoms with E-state index in [0.717, 1.165) is 24.1 Å². The van der Waals surface area contributed by atoms with Gasteiger partial charge in [0.1, 0.15) is 0 Å². The van der Waals surface area contributed by atoms with Gasteiger partial charge in [-0.05, 0) is 35.4 Å². The third kappa shape index (κ3) is 2.78. The highest BCUT2D eigenvalue weighted by Crippen LogP contribution is 2.23. The molecule has 0 spiro atoms. The van der Waals surface area contributed by atoms with Crippen molar-refractivity contribution in [3.05, 3.63) is 10.3 Å². The van der Waals surface area contributed by atoms with Crippen LogP contribution in [0.1, 0.15) is 31.9 Å². The van der Waals surface area contributed by atoms with Crippen LogP contribution < -0.4 is 5.32 Å². The van der Waals surface area contributed by atoms with E-state index in [9.17, 15) is 0 Å². The molecule has 4 nitrogen and oxygen atoms in total. The first-order valence-corrected chi connectivity index (χ1v) is 5.71. The van der Waals surface area contributed by atoms with Crippen LogP contribution in [0.2, 0.25) is 0 Å². The summed E-state index contributed by atoms with van der Waals surface area (Å²) in [6, 6.07) is 0. The minimum atomic E-state index is 0.475. The standard InChI is InChI=1S/C9H17BrN4/c1-4-11-6-5-7(2)8-9(10)12-13-14(8)3/h7,11H,4-6H2,1-3H3. The molecular formula is C9H17BrN4. The molecule has 5 heteroatoms. The largest absolute Gasteiger partial charge is 0.317 e. The van der Waals surface area contributed by atoms with Gasteiger partial charge in [0.2, 0.25) is 0 Å². The Hall–Kier alpha value is -0.420. The lowest BCUT2D eigenvalue weighted by Gasteiger charge is -2.11. The normalized spacial score (nSPS) is 13.1. The van der Waals surface area contributed by atoms with Crippen LogP contribution in [0, 0.1) is 0 Å². The maximum Gasteiger partial charge on any atom is 0.151 e. The summed E-state index contributed by atoms with van der Waals surface area (Å²) in [4.78, 5) is 0. The van der Waals surface area contributed by atoms with E-state index in [1.54, 1.807) is 0 Å². The Morgan fingerprint density at radius 1 is 1.57 bits per heavy atom. The quantitative estimate of drug-likeness (QED) is 0.820. The van der Waals surface area contributed by atoms with Gasteiger partial charge in [-0.2, -0.15) is 0 Å². The number of aromatic nitrogens is 3. The zero-order valence-corrected chi connectivity index (χ0v) is 10.5. The van der Waals surface area contributed by atoms with Crippen LogP contribution in [0.5, 0.6) is 0 Å². The first-order valence-electron chi connectivity index (χ1n) is 4.92. The third-order valence-corrected chi connectivity index (χ3v) is 2.86. The van der Waals surface area contributed by atoms with Crippen molar-refractivity contribution in [3.63, 3.8) is 0 Å². The second-order valence-electron chi connectivity index (χ2n) is 3.43. The summed E-state index contributed by atoms with van der Waals surface area (Å²) in [5.74, 6) is 0.475. The van der Waals surface area contributed by atoms with Crippen LogP contribution in [-0.4, -0.2) is 28.1 Å². The molecule has 1 N–H and O–H groups in total. The van der Waals surface area contributed by atoms with Crippen molar-refractivity contribution in [1.82, 2.24) is 20.3 Å². The Bertz CT molecular complexity index is 265. The molecule has 1 unspecified atom stereocenters. The van der Waals surface area contributed by atoms with E-state index in [4.69, 9.17) is 0 Å². The minimum Gasteiger partial charge on any atom is -0.317 e. The molecule has 14 heavy (non-hydrogen) atoms. The number of nitrogens with zero attached hydrogens (tertiary/aromatic N) is 3. The van der Waals surface area contributed by atoms with E-state index in [1.807, 2.05) is 11.7 Å². The van der Waals surface area contributed by atoms with E-state index in [-0.39, 0.29) is 0 Å². The lowest BCUT2D eigenvalue weighted by Crippen LogP contribution is -2.17. The number of aryl methyl sites for hydroxylation is 1. The van der Waals surface area contributed by atoms with E-state index in [1.165, 1.54) is 5.69 Å². The Balaban J connectivity index is 2.55. The Kier molecular flexibility index (Phi) is 4.54. The van der Waals surface area contributed by atoms with Gasteiger partial charge in [0.05, 0.1) is 5.69 Å². The molecule has 0 aliphatic carbocycles. The lowest BCUT2D eigenvalue weighted by atomic mass is 10.0. The zero-order chi connectivity index (χ0) is 10.6. The smallest absolute Gasteiger partial charge is 0.151 e. The Labute approximate surface area is 93.2 Å². The van der Waals surface area contributed by atoms with E-state index >= 15 is 0 Å². The SMILES string of the molecule is CCNCCC(C)c1c(Br)nnn1C. The summed E-state index contributed by atoms with van der Waals surface area (Å²) in [6.45, 7) is 6.37. The fourth-order valence-electron chi connectivity index (χ4n) is 1.49. The van der Waals surface area contributed by atoms with Crippen molar-refractivity contribution < 1.29 is 0 Å². The Morgan fingerprint density at radius 2 is 2.29 bits per heavy atom. The van der Waals surface area contributed by atoms with E-state index < -0.39 is 0 Å². The van der Waals surface area contributed by atoms with Crippen LogP contribution in [0.3, 0.4) is 0 Å². The van der Waals surface area contributed by atoms with Gasteiger partial charge in [0.15, 0.2) is 4.60 Å². The van der Waals surface area contributed by atoms with Crippen LogP contribution in [-0.2, 0) is 7.05 Å². The minimum absolute atomic E-state index is 0.475. The van der Waals surface area contributed by atoms with Crippen LogP contribution in [0.15, 0.2) is 4.60 Å². The summed E-state index contributed by atoms with van der Waals surface area (Å²) in [5, 5.41) is 11.3. The fraction of sp³-hybridized carbons (Fsp3) is 0.778. The second-order valence-corrected chi connectivity index (χ2v) is 4.18. The summed E-state index contributed by atoms with van der Waals surface area (Å²) >= 11 is 3.41. The van der Waals surface area contributed by atoms with Gasteiger partial charge in [-0.1, -0.05) is 19.1 Å². The fourth-order valence-corrected chi connectivity index (χ4v) is 2.21. The molecule has 0 aliphatic rings. The molecule has 1 atom stereocenters. The van der Waals surface area contributed by atoms with E-state index in [0.29, 0.717) is 5.92 Å². The molecule has 1 rings (SSSR count). The average molecular weight is 261 g/mol. The maximum atomic E-state index is 3.97. The summed E-state index contributed by atoms with van der Waals surface area (Å²) < 4.78 is 2.70. The van der Waals surface area contributed by atoms with Crippen LogP contribution in [0.4, 0.5) is 0 Å². The highest BCUT2D eigenvalue weighted by Gasteiger charge is 2.14. The van der Waals surface area contributed by atoms with Gasteiger partial charge < -0.3 is 5.32 Å². The molecule has 0 aliphatic heterocycles. The van der Waals surface area contributed by atoms with Crippen molar-refractivity contribution >= 4 is 15.9 Å². The molecule has 1 heterocycles. The molecular weight excluding hydrogens is 244 g/mol. The van der Waals surface area contributed by atoms with Gasteiger partial charge in [-0.3, -0.25) is 4.68 Å². The van der Waals surface area contributed by atoms with Crippen molar-refractivity contribution in [1.29, 1.82) is 0 Å². The zero-order valence-electron chi connectivity index (χ0n) is 8.92. The van der Waals surface area contributed by atoms with Gasteiger partial charge >= 0.3 is 0 Å². The van der Waals surface area contributed by atoms with Crippen molar-refractivity contribution in [2.75, 3.05) is 13.1 Å². The van der Waals surface area contributed by atoms with Gasteiger partial charge in [-0.25, -0.2) is 0 Å².